The number of anilines is 2. The lowest BCUT2D eigenvalue weighted by molar-refractivity contribution is -0.144. The molecule has 0 spiro atoms. The summed E-state index contributed by atoms with van der Waals surface area (Å²) in [6.07, 6.45) is 0.697. The number of nitrogens with zero attached hydrogens (tertiary/aromatic N) is 1. The van der Waals surface area contributed by atoms with Crippen LogP contribution in [0.3, 0.4) is 0 Å². The number of nitrogen functional groups attached to an aromatic ring is 1. The zero-order valence-electron chi connectivity index (χ0n) is 10.9. The highest BCUT2D eigenvalue weighted by Gasteiger charge is 2.30. The molecule has 1 aromatic rings. The van der Waals surface area contributed by atoms with Gasteiger partial charge in [-0.2, -0.15) is 0 Å². The Kier molecular flexibility index (Phi) is 3.99. The van der Waals surface area contributed by atoms with E-state index in [2.05, 4.69) is 15.9 Å². The molecule has 1 saturated heterocycles. The fourth-order valence-corrected chi connectivity index (χ4v) is 2.68. The molecule has 0 bridgehead atoms. The Hall–Kier alpha value is -1.30. The molecule has 6 heteroatoms. The largest absolute Gasteiger partial charge is 0.469 e. The van der Waals surface area contributed by atoms with Gasteiger partial charge >= 0.3 is 5.97 Å². The number of ether oxygens (including phenoxy) is 1. The minimum absolute atomic E-state index is 0.170. The number of hydrogen-bond acceptors (Lipinski definition) is 4. The highest BCUT2D eigenvalue weighted by molar-refractivity contribution is 9.10. The first-order valence-electron chi connectivity index (χ1n) is 6.02. The minimum atomic E-state index is -0.344. The van der Waals surface area contributed by atoms with Crippen molar-refractivity contribution in [1.82, 2.24) is 0 Å². The van der Waals surface area contributed by atoms with Gasteiger partial charge < -0.3 is 15.4 Å². The van der Waals surface area contributed by atoms with Crippen LogP contribution in [0.4, 0.5) is 15.8 Å². The molecule has 2 rings (SSSR count). The third-order valence-corrected chi connectivity index (χ3v) is 4.52. The van der Waals surface area contributed by atoms with Gasteiger partial charge in [0.2, 0.25) is 0 Å². The van der Waals surface area contributed by atoms with Crippen molar-refractivity contribution in [2.45, 2.75) is 13.3 Å². The summed E-state index contributed by atoms with van der Waals surface area (Å²) in [6.45, 7) is 2.95. The van der Waals surface area contributed by atoms with Crippen LogP contribution in [-0.2, 0) is 9.53 Å². The van der Waals surface area contributed by atoms with Crippen molar-refractivity contribution in [1.29, 1.82) is 0 Å². The first kappa shape index (κ1) is 14.1. The second-order valence-electron chi connectivity index (χ2n) is 4.68. The molecule has 19 heavy (non-hydrogen) atoms. The standard InChI is InChI=1S/C13H16BrFN2O2/c1-7-11(14)9(15)5-10(12(7)16)17-4-3-8(6-17)13(18)19-2/h5,8H,3-4,6,16H2,1-2H3/t8-/m0/s1. The fourth-order valence-electron chi connectivity index (χ4n) is 2.35. The van der Waals surface area contributed by atoms with Crippen LogP contribution in [0.2, 0.25) is 0 Å². The van der Waals surface area contributed by atoms with Crippen LogP contribution < -0.4 is 10.6 Å². The maximum atomic E-state index is 13.8. The number of nitrogens with two attached hydrogens (primary N) is 1. The molecule has 0 amide bonds. The van der Waals surface area contributed by atoms with Gasteiger partial charge in [0.25, 0.3) is 0 Å². The molecule has 0 aromatic heterocycles. The van der Waals surface area contributed by atoms with Gasteiger partial charge in [-0.1, -0.05) is 0 Å². The van der Waals surface area contributed by atoms with E-state index in [9.17, 15) is 9.18 Å². The molecule has 1 aromatic carbocycles. The Morgan fingerprint density at radius 3 is 2.95 bits per heavy atom. The molecule has 0 unspecified atom stereocenters. The lowest BCUT2D eigenvalue weighted by Crippen LogP contribution is -2.24. The van der Waals surface area contributed by atoms with Gasteiger partial charge in [0, 0.05) is 19.2 Å². The fraction of sp³-hybridized carbons (Fsp3) is 0.462. The first-order valence-corrected chi connectivity index (χ1v) is 6.81. The van der Waals surface area contributed by atoms with Crippen LogP contribution in [0.15, 0.2) is 10.5 Å². The van der Waals surface area contributed by atoms with Gasteiger partial charge in [-0.05, 0) is 34.8 Å². The second kappa shape index (κ2) is 5.36. The summed E-state index contributed by atoms with van der Waals surface area (Å²) in [6, 6.07) is 1.41. The molecular formula is C13H16BrFN2O2. The number of rotatable bonds is 2. The van der Waals surface area contributed by atoms with Crippen molar-refractivity contribution >= 4 is 33.3 Å². The molecule has 0 saturated carbocycles. The second-order valence-corrected chi connectivity index (χ2v) is 5.48. The third kappa shape index (κ3) is 2.54. The summed E-state index contributed by atoms with van der Waals surface area (Å²) in [7, 11) is 1.38. The molecule has 0 radical (unpaired) electrons. The Bertz CT molecular complexity index is 522. The monoisotopic (exact) mass is 330 g/mol. The van der Waals surface area contributed by atoms with E-state index >= 15 is 0 Å². The Balaban J connectivity index is 2.27. The number of carbonyl (C=O) groups is 1. The summed E-state index contributed by atoms with van der Waals surface area (Å²) >= 11 is 3.17. The van der Waals surface area contributed by atoms with Crippen LogP contribution in [0, 0.1) is 18.7 Å². The van der Waals surface area contributed by atoms with E-state index in [4.69, 9.17) is 10.5 Å². The molecular weight excluding hydrogens is 315 g/mol. The molecule has 104 valence electrons. The Morgan fingerprint density at radius 1 is 1.63 bits per heavy atom. The van der Waals surface area contributed by atoms with Crippen molar-refractivity contribution in [3.8, 4) is 0 Å². The third-order valence-electron chi connectivity index (χ3n) is 3.55. The van der Waals surface area contributed by atoms with E-state index in [1.807, 2.05) is 4.90 Å². The first-order chi connectivity index (χ1) is 8.95. The van der Waals surface area contributed by atoms with Crippen LogP contribution in [-0.4, -0.2) is 26.2 Å². The van der Waals surface area contributed by atoms with Gasteiger partial charge in [0.05, 0.1) is 28.9 Å². The van der Waals surface area contributed by atoms with Gasteiger partial charge in [0.1, 0.15) is 5.82 Å². The zero-order valence-corrected chi connectivity index (χ0v) is 12.5. The average Bonchev–Trinajstić information content (AvgIpc) is 2.89. The minimum Gasteiger partial charge on any atom is -0.469 e. The molecule has 4 nitrogen and oxygen atoms in total. The Labute approximate surface area is 119 Å². The molecule has 1 aliphatic heterocycles. The number of halogens is 2. The molecule has 0 aliphatic carbocycles. The SMILES string of the molecule is COC(=O)[C@H]1CCN(c2cc(F)c(Br)c(C)c2N)C1. The Morgan fingerprint density at radius 2 is 2.32 bits per heavy atom. The predicted molar refractivity (Wildman–Crippen MR) is 75.6 cm³/mol. The van der Waals surface area contributed by atoms with E-state index in [0.29, 0.717) is 40.9 Å². The van der Waals surface area contributed by atoms with Gasteiger partial charge in [0.15, 0.2) is 0 Å². The van der Waals surface area contributed by atoms with Crippen molar-refractivity contribution in [2.24, 2.45) is 5.92 Å². The topological polar surface area (TPSA) is 55.6 Å². The lowest BCUT2D eigenvalue weighted by Gasteiger charge is -2.22. The van der Waals surface area contributed by atoms with Crippen molar-refractivity contribution in [3.63, 3.8) is 0 Å². The summed E-state index contributed by atoms with van der Waals surface area (Å²) < 4.78 is 18.9. The van der Waals surface area contributed by atoms with Gasteiger partial charge in [-0.15, -0.1) is 0 Å². The van der Waals surface area contributed by atoms with E-state index in [0.717, 1.165) is 0 Å². The number of hydrogen-bond donors (Lipinski definition) is 1. The maximum Gasteiger partial charge on any atom is 0.310 e. The summed E-state index contributed by atoms with van der Waals surface area (Å²) in [5.41, 5.74) is 7.89. The van der Waals surface area contributed by atoms with Crippen LogP contribution >= 0.6 is 15.9 Å². The number of methoxy groups -OCH3 is 1. The molecule has 2 N–H and O–H groups in total. The van der Waals surface area contributed by atoms with E-state index in [-0.39, 0.29) is 17.7 Å². The highest BCUT2D eigenvalue weighted by atomic mass is 79.9. The van der Waals surface area contributed by atoms with Crippen LogP contribution in [0.25, 0.3) is 0 Å². The van der Waals surface area contributed by atoms with Gasteiger partial charge in [-0.3, -0.25) is 4.79 Å². The van der Waals surface area contributed by atoms with E-state index in [1.165, 1.54) is 13.2 Å². The molecule has 1 aliphatic rings. The zero-order chi connectivity index (χ0) is 14.2. The van der Waals surface area contributed by atoms with Crippen LogP contribution in [0.5, 0.6) is 0 Å². The molecule has 1 heterocycles. The summed E-state index contributed by atoms with van der Waals surface area (Å²) in [5, 5.41) is 0. The van der Waals surface area contributed by atoms with Crippen LogP contribution in [0.1, 0.15) is 12.0 Å². The van der Waals surface area contributed by atoms with Crippen molar-refractivity contribution < 1.29 is 13.9 Å². The molecule has 1 fully saturated rings. The van der Waals surface area contributed by atoms with Gasteiger partial charge in [-0.25, -0.2) is 4.39 Å². The number of esters is 1. The van der Waals surface area contributed by atoms with E-state index in [1.54, 1.807) is 6.92 Å². The summed E-state index contributed by atoms with van der Waals surface area (Å²) in [5.74, 6) is -0.741. The highest BCUT2D eigenvalue weighted by Crippen LogP contribution is 2.36. The average molecular weight is 331 g/mol. The molecule has 1 atom stereocenters. The van der Waals surface area contributed by atoms with Crippen molar-refractivity contribution in [3.05, 3.63) is 21.9 Å². The smallest absolute Gasteiger partial charge is 0.310 e. The maximum absolute atomic E-state index is 13.8. The lowest BCUT2D eigenvalue weighted by atomic mass is 10.1. The normalized spacial score (nSPS) is 18.7. The summed E-state index contributed by atoms with van der Waals surface area (Å²) in [4.78, 5) is 13.4. The number of carbonyl (C=O) groups excluding carboxylic acids is 1. The quantitative estimate of drug-likeness (QED) is 0.668. The van der Waals surface area contributed by atoms with Crippen molar-refractivity contribution in [2.75, 3.05) is 30.8 Å². The van der Waals surface area contributed by atoms with E-state index < -0.39 is 0 Å². The number of benzene rings is 1. The predicted octanol–water partition coefficient (Wildman–Crippen LogP) is 2.48.